The number of fused-ring (bicyclic) bond motifs is 1. The molecular weight excluding hydrogens is 352 g/mol. The Bertz CT molecular complexity index is 973. The lowest BCUT2D eigenvalue weighted by molar-refractivity contribution is -0.148. The maximum atomic E-state index is 12.3. The molecule has 1 heterocycles. The van der Waals surface area contributed by atoms with Crippen LogP contribution in [0.15, 0.2) is 42.5 Å². The van der Waals surface area contributed by atoms with Gasteiger partial charge in [0.15, 0.2) is 0 Å². The minimum atomic E-state index is -0.280. The molecule has 2 aromatic carbocycles. The Morgan fingerprint density at radius 2 is 1.86 bits per heavy atom. The second-order valence-corrected chi connectivity index (χ2v) is 7.63. The van der Waals surface area contributed by atoms with Crippen molar-refractivity contribution in [2.75, 3.05) is 0 Å². The van der Waals surface area contributed by atoms with Gasteiger partial charge in [-0.1, -0.05) is 38.1 Å². The third-order valence-electron chi connectivity index (χ3n) is 4.54. The highest BCUT2D eigenvalue weighted by Gasteiger charge is 2.17. The first-order valence-corrected chi connectivity index (χ1v) is 9.72. The maximum absolute atomic E-state index is 12.3. The SMILES string of the molecule is Cc1ccc(C(C)C)c(OCc2nc3ccccc3n2CC(=O)OC(C)C)c1. The van der Waals surface area contributed by atoms with Crippen molar-refractivity contribution in [1.29, 1.82) is 0 Å². The van der Waals surface area contributed by atoms with E-state index >= 15 is 0 Å². The second kappa shape index (κ2) is 8.46. The molecule has 0 unspecified atom stereocenters. The summed E-state index contributed by atoms with van der Waals surface area (Å²) in [7, 11) is 0. The number of esters is 1. The number of carbonyl (C=O) groups is 1. The summed E-state index contributed by atoms with van der Waals surface area (Å²) in [5, 5.41) is 0. The van der Waals surface area contributed by atoms with E-state index in [0.717, 1.165) is 27.9 Å². The Morgan fingerprint density at radius 3 is 2.57 bits per heavy atom. The lowest BCUT2D eigenvalue weighted by Gasteiger charge is -2.16. The molecule has 3 rings (SSSR count). The van der Waals surface area contributed by atoms with Crippen LogP contribution in [-0.4, -0.2) is 21.6 Å². The van der Waals surface area contributed by atoms with Gasteiger partial charge in [-0.05, 0) is 56.0 Å². The van der Waals surface area contributed by atoms with Crippen molar-refractivity contribution in [3.05, 3.63) is 59.4 Å². The van der Waals surface area contributed by atoms with E-state index < -0.39 is 0 Å². The quantitative estimate of drug-likeness (QED) is 0.541. The zero-order valence-corrected chi connectivity index (χ0v) is 17.2. The smallest absolute Gasteiger partial charge is 0.326 e. The van der Waals surface area contributed by atoms with Crippen LogP contribution in [0.5, 0.6) is 5.75 Å². The summed E-state index contributed by atoms with van der Waals surface area (Å²) < 4.78 is 13.4. The maximum Gasteiger partial charge on any atom is 0.326 e. The lowest BCUT2D eigenvalue weighted by Crippen LogP contribution is -2.19. The van der Waals surface area contributed by atoms with Crippen LogP contribution in [0, 0.1) is 6.92 Å². The molecule has 0 radical (unpaired) electrons. The van der Waals surface area contributed by atoms with Crippen LogP contribution < -0.4 is 4.74 Å². The summed E-state index contributed by atoms with van der Waals surface area (Å²) in [4.78, 5) is 17.0. The number of nitrogens with zero attached hydrogens (tertiary/aromatic N) is 2. The fourth-order valence-corrected chi connectivity index (χ4v) is 3.23. The summed E-state index contributed by atoms with van der Waals surface area (Å²) in [5.74, 6) is 1.64. The van der Waals surface area contributed by atoms with Crippen molar-refractivity contribution in [3.63, 3.8) is 0 Å². The molecule has 1 aromatic heterocycles. The third-order valence-corrected chi connectivity index (χ3v) is 4.54. The van der Waals surface area contributed by atoms with Gasteiger partial charge in [-0.15, -0.1) is 0 Å². The number of benzene rings is 2. The number of para-hydroxylation sites is 2. The van der Waals surface area contributed by atoms with Gasteiger partial charge in [0.1, 0.15) is 24.7 Å². The Labute approximate surface area is 166 Å². The molecular formula is C23H28N2O3. The molecule has 0 saturated heterocycles. The Hall–Kier alpha value is -2.82. The van der Waals surface area contributed by atoms with E-state index in [-0.39, 0.29) is 25.2 Å². The second-order valence-electron chi connectivity index (χ2n) is 7.63. The van der Waals surface area contributed by atoms with E-state index in [1.807, 2.05) is 49.6 Å². The number of rotatable bonds is 7. The lowest BCUT2D eigenvalue weighted by atomic mass is 10.0. The number of aromatic nitrogens is 2. The fourth-order valence-electron chi connectivity index (χ4n) is 3.23. The number of aryl methyl sites for hydroxylation is 1. The largest absolute Gasteiger partial charge is 0.485 e. The number of ether oxygens (including phenoxy) is 2. The molecule has 0 atom stereocenters. The van der Waals surface area contributed by atoms with Gasteiger partial charge in [0.05, 0.1) is 17.1 Å². The fraction of sp³-hybridized carbons (Fsp3) is 0.391. The third kappa shape index (κ3) is 4.53. The van der Waals surface area contributed by atoms with Gasteiger partial charge in [0, 0.05) is 0 Å². The topological polar surface area (TPSA) is 53.4 Å². The molecule has 0 N–H and O–H groups in total. The molecule has 0 amide bonds. The average Bonchev–Trinajstić information content (AvgIpc) is 2.96. The minimum absolute atomic E-state index is 0.113. The normalized spacial score (nSPS) is 11.4. The number of hydrogen-bond donors (Lipinski definition) is 0. The van der Waals surface area contributed by atoms with Gasteiger partial charge >= 0.3 is 5.97 Å². The highest BCUT2D eigenvalue weighted by atomic mass is 16.5. The van der Waals surface area contributed by atoms with Crippen LogP contribution >= 0.6 is 0 Å². The van der Waals surface area contributed by atoms with Crippen molar-refractivity contribution in [1.82, 2.24) is 9.55 Å². The summed E-state index contributed by atoms with van der Waals surface area (Å²) in [6.07, 6.45) is -0.150. The summed E-state index contributed by atoms with van der Waals surface area (Å²) in [5.41, 5.74) is 4.04. The molecule has 5 nitrogen and oxygen atoms in total. The molecule has 3 aromatic rings. The molecule has 0 saturated carbocycles. The van der Waals surface area contributed by atoms with Gasteiger partial charge in [-0.3, -0.25) is 4.79 Å². The van der Waals surface area contributed by atoms with E-state index in [9.17, 15) is 4.79 Å². The molecule has 148 valence electrons. The van der Waals surface area contributed by atoms with Crippen molar-refractivity contribution < 1.29 is 14.3 Å². The summed E-state index contributed by atoms with van der Waals surface area (Å²) in [6, 6.07) is 14.0. The van der Waals surface area contributed by atoms with Crippen LogP contribution in [0.1, 0.15) is 50.6 Å². The Kier molecular flexibility index (Phi) is 6.02. The van der Waals surface area contributed by atoms with Crippen molar-refractivity contribution >= 4 is 17.0 Å². The van der Waals surface area contributed by atoms with Crippen LogP contribution in [-0.2, 0) is 22.7 Å². The van der Waals surface area contributed by atoms with Gasteiger partial charge in [0.2, 0.25) is 0 Å². The first-order valence-electron chi connectivity index (χ1n) is 9.72. The van der Waals surface area contributed by atoms with E-state index in [0.29, 0.717) is 11.7 Å². The van der Waals surface area contributed by atoms with Gasteiger partial charge in [-0.25, -0.2) is 4.98 Å². The Morgan fingerprint density at radius 1 is 1.11 bits per heavy atom. The van der Waals surface area contributed by atoms with Gasteiger partial charge in [-0.2, -0.15) is 0 Å². The number of hydrogen-bond acceptors (Lipinski definition) is 4. The average molecular weight is 380 g/mol. The predicted molar refractivity (Wildman–Crippen MR) is 111 cm³/mol. The summed E-state index contributed by atoms with van der Waals surface area (Å²) in [6.45, 7) is 10.4. The van der Waals surface area contributed by atoms with Crippen molar-refractivity contribution in [2.24, 2.45) is 0 Å². The highest BCUT2D eigenvalue weighted by molar-refractivity contribution is 5.79. The van der Waals surface area contributed by atoms with Crippen LogP contribution in [0.4, 0.5) is 0 Å². The molecule has 28 heavy (non-hydrogen) atoms. The van der Waals surface area contributed by atoms with Crippen molar-refractivity contribution in [2.45, 2.75) is 59.8 Å². The predicted octanol–water partition coefficient (Wildman–Crippen LogP) is 5.00. The zero-order chi connectivity index (χ0) is 20.3. The summed E-state index contributed by atoms with van der Waals surface area (Å²) >= 11 is 0. The molecule has 0 aliphatic heterocycles. The molecule has 0 bridgehead atoms. The van der Waals surface area contributed by atoms with Crippen molar-refractivity contribution in [3.8, 4) is 5.75 Å². The van der Waals surface area contributed by atoms with E-state index in [1.54, 1.807) is 0 Å². The van der Waals surface area contributed by atoms with E-state index in [1.165, 1.54) is 0 Å². The zero-order valence-electron chi connectivity index (χ0n) is 17.2. The standard InChI is InChI=1S/C23H28N2O3/c1-15(2)18-11-10-17(5)12-21(18)27-14-22-24-19-8-6-7-9-20(19)25(22)13-23(26)28-16(3)4/h6-12,15-16H,13-14H2,1-5H3. The Balaban J connectivity index is 1.90. The van der Waals surface area contributed by atoms with E-state index in [2.05, 4.69) is 37.0 Å². The number of carbonyl (C=O) groups excluding carboxylic acids is 1. The van der Waals surface area contributed by atoms with E-state index in [4.69, 9.17) is 9.47 Å². The van der Waals surface area contributed by atoms with Crippen LogP contribution in [0.2, 0.25) is 0 Å². The van der Waals surface area contributed by atoms with Gasteiger partial charge in [0.25, 0.3) is 0 Å². The molecule has 0 spiro atoms. The monoisotopic (exact) mass is 380 g/mol. The molecule has 5 heteroatoms. The van der Waals surface area contributed by atoms with Gasteiger partial charge < -0.3 is 14.0 Å². The molecule has 0 aliphatic carbocycles. The minimum Gasteiger partial charge on any atom is -0.485 e. The molecule has 0 fully saturated rings. The number of imidazole rings is 1. The van der Waals surface area contributed by atoms with Crippen LogP contribution in [0.3, 0.4) is 0 Å². The van der Waals surface area contributed by atoms with Crippen LogP contribution in [0.25, 0.3) is 11.0 Å². The molecule has 0 aliphatic rings. The first kappa shape index (κ1) is 19.9. The first-order chi connectivity index (χ1) is 13.3. The highest BCUT2D eigenvalue weighted by Crippen LogP contribution is 2.28.